The maximum Gasteiger partial charge on any atom is 0.243 e. The van der Waals surface area contributed by atoms with Crippen LogP contribution in [0.25, 0.3) is 0 Å². The van der Waals surface area contributed by atoms with E-state index in [1.807, 2.05) is 49.1 Å². The zero-order valence-corrected chi connectivity index (χ0v) is 16.7. The Morgan fingerprint density at radius 2 is 1.76 bits per heavy atom. The fraction of sp³-hybridized carbons (Fsp3) is 0.364. The van der Waals surface area contributed by atoms with Gasteiger partial charge in [0.25, 0.3) is 0 Å². The van der Waals surface area contributed by atoms with E-state index in [9.17, 15) is 14.0 Å². The fourth-order valence-corrected chi connectivity index (χ4v) is 3.44. The van der Waals surface area contributed by atoms with Crippen LogP contribution < -0.4 is 15.5 Å². The molecule has 7 heteroatoms. The quantitative estimate of drug-likeness (QED) is 0.784. The summed E-state index contributed by atoms with van der Waals surface area (Å²) in [5, 5.41) is 5.18. The molecule has 0 aromatic heterocycles. The average molecular weight is 399 g/mol. The van der Waals surface area contributed by atoms with Crippen LogP contribution in [0.5, 0.6) is 0 Å². The molecule has 1 aliphatic rings. The first-order valence-corrected chi connectivity index (χ1v) is 9.71. The van der Waals surface area contributed by atoms with Crippen LogP contribution in [0.2, 0.25) is 0 Å². The highest BCUT2D eigenvalue weighted by Crippen LogP contribution is 2.26. The van der Waals surface area contributed by atoms with Crippen molar-refractivity contribution in [2.24, 2.45) is 0 Å². The van der Waals surface area contributed by atoms with E-state index in [2.05, 4.69) is 10.6 Å². The van der Waals surface area contributed by atoms with E-state index < -0.39 is 11.7 Å². The van der Waals surface area contributed by atoms with E-state index in [1.54, 1.807) is 12.1 Å². The second-order valence-electron chi connectivity index (χ2n) is 7.32. The number of nitrogens with zero attached hydrogens (tertiary/aromatic N) is 1. The van der Waals surface area contributed by atoms with Crippen molar-refractivity contribution < 1.29 is 18.7 Å². The van der Waals surface area contributed by atoms with Crippen molar-refractivity contribution in [3.63, 3.8) is 0 Å². The van der Waals surface area contributed by atoms with E-state index >= 15 is 0 Å². The van der Waals surface area contributed by atoms with Crippen LogP contribution in [0.4, 0.5) is 15.8 Å². The Balaban J connectivity index is 1.51. The lowest BCUT2D eigenvalue weighted by Crippen LogP contribution is -2.45. The first kappa shape index (κ1) is 20.8. The molecule has 154 valence electrons. The second-order valence-corrected chi connectivity index (χ2v) is 7.32. The summed E-state index contributed by atoms with van der Waals surface area (Å²) in [6.07, 6.45) is 0.252. The summed E-state index contributed by atoms with van der Waals surface area (Å²) >= 11 is 0. The first-order chi connectivity index (χ1) is 13.9. The molecule has 2 unspecified atom stereocenters. The predicted octanol–water partition coefficient (Wildman–Crippen LogP) is 2.74. The van der Waals surface area contributed by atoms with Crippen molar-refractivity contribution in [3.8, 4) is 0 Å². The molecule has 6 nitrogen and oxygen atoms in total. The molecule has 0 spiro atoms. The van der Waals surface area contributed by atoms with Gasteiger partial charge in [-0.25, -0.2) is 4.39 Å². The van der Waals surface area contributed by atoms with Crippen LogP contribution in [0.3, 0.4) is 0 Å². The molecule has 0 radical (unpaired) electrons. The molecule has 3 rings (SSSR count). The molecule has 2 aromatic rings. The number of morpholine rings is 1. The smallest absolute Gasteiger partial charge is 0.243 e. The monoisotopic (exact) mass is 399 g/mol. The molecule has 1 fully saturated rings. The Morgan fingerprint density at radius 1 is 1.07 bits per heavy atom. The normalized spacial score (nSPS) is 18.9. The summed E-state index contributed by atoms with van der Waals surface area (Å²) in [6.45, 7) is 4.97. The molecule has 2 atom stereocenters. The molecule has 0 bridgehead atoms. The molecule has 2 amide bonds. The van der Waals surface area contributed by atoms with Gasteiger partial charge in [-0.15, -0.1) is 0 Å². The fourth-order valence-electron chi connectivity index (χ4n) is 3.44. The number of carbonyl (C=O) groups is 2. The Hall–Kier alpha value is -2.93. The van der Waals surface area contributed by atoms with Crippen LogP contribution in [-0.4, -0.2) is 43.7 Å². The Labute approximate surface area is 170 Å². The second kappa shape index (κ2) is 9.52. The molecule has 2 N–H and O–H groups in total. The van der Waals surface area contributed by atoms with E-state index in [0.29, 0.717) is 24.5 Å². The average Bonchev–Trinajstić information content (AvgIpc) is 2.66. The molecule has 2 aromatic carbocycles. The van der Waals surface area contributed by atoms with Gasteiger partial charge in [-0.2, -0.15) is 0 Å². The number of amides is 2. The van der Waals surface area contributed by atoms with Gasteiger partial charge in [0.2, 0.25) is 11.8 Å². The number of hydrogen-bond donors (Lipinski definition) is 2. The van der Waals surface area contributed by atoms with Crippen LogP contribution in [0.15, 0.2) is 48.5 Å². The maximum atomic E-state index is 14.6. The largest absolute Gasteiger partial charge is 0.372 e. The van der Waals surface area contributed by atoms with Gasteiger partial charge < -0.3 is 20.3 Å². The summed E-state index contributed by atoms with van der Waals surface area (Å²) in [6, 6.07) is 13.9. The molecule has 1 aliphatic heterocycles. The van der Waals surface area contributed by atoms with Gasteiger partial charge in [-0.3, -0.25) is 9.59 Å². The minimum absolute atomic E-state index is 0.0250. The third kappa shape index (κ3) is 6.02. The Bertz CT molecular complexity index is 850. The van der Waals surface area contributed by atoms with E-state index in [1.165, 1.54) is 6.07 Å². The Kier molecular flexibility index (Phi) is 6.82. The summed E-state index contributed by atoms with van der Waals surface area (Å²) in [5.41, 5.74) is 1.71. The lowest BCUT2D eigenvalue weighted by molar-refractivity contribution is -0.123. The van der Waals surface area contributed by atoms with Crippen molar-refractivity contribution in [3.05, 3.63) is 59.9 Å². The molecule has 29 heavy (non-hydrogen) atoms. The summed E-state index contributed by atoms with van der Waals surface area (Å²) in [7, 11) is 0. The van der Waals surface area contributed by atoms with E-state index in [0.717, 1.165) is 5.56 Å². The maximum absolute atomic E-state index is 14.6. The van der Waals surface area contributed by atoms with Gasteiger partial charge in [-0.05, 0) is 37.6 Å². The third-order valence-corrected chi connectivity index (χ3v) is 4.65. The van der Waals surface area contributed by atoms with Crippen LogP contribution in [0.1, 0.15) is 19.4 Å². The number of carbonyl (C=O) groups excluding carboxylic acids is 2. The third-order valence-electron chi connectivity index (χ3n) is 4.65. The minimum atomic E-state index is -0.410. The lowest BCUT2D eigenvalue weighted by atomic mass is 10.1. The predicted molar refractivity (Wildman–Crippen MR) is 110 cm³/mol. The van der Waals surface area contributed by atoms with Gasteiger partial charge in [-0.1, -0.05) is 30.3 Å². The van der Waals surface area contributed by atoms with Gasteiger partial charge in [0.05, 0.1) is 30.9 Å². The number of nitrogens with one attached hydrogen (secondary N) is 2. The molecule has 1 heterocycles. The van der Waals surface area contributed by atoms with Gasteiger partial charge in [0.15, 0.2) is 0 Å². The van der Waals surface area contributed by atoms with Gasteiger partial charge in [0, 0.05) is 18.8 Å². The van der Waals surface area contributed by atoms with Crippen molar-refractivity contribution >= 4 is 23.2 Å². The van der Waals surface area contributed by atoms with E-state index in [-0.39, 0.29) is 31.1 Å². The zero-order chi connectivity index (χ0) is 20.8. The molecular formula is C22H26FN3O3. The molecular weight excluding hydrogens is 373 g/mol. The first-order valence-electron chi connectivity index (χ1n) is 9.71. The minimum Gasteiger partial charge on any atom is -0.372 e. The van der Waals surface area contributed by atoms with Crippen molar-refractivity contribution in [1.29, 1.82) is 0 Å². The highest BCUT2D eigenvalue weighted by atomic mass is 19.1. The number of ether oxygens (including phenoxy) is 1. The van der Waals surface area contributed by atoms with Gasteiger partial charge in [0.1, 0.15) is 5.82 Å². The number of halogens is 1. The van der Waals surface area contributed by atoms with Crippen LogP contribution in [0, 0.1) is 5.82 Å². The van der Waals surface area contributed by atoms with E-state index in [4.69, 9.17) is 4.74 Å². The molecule has 0 aliphatic carbocycles. The lowest BCUT2D eigenvalue weighted by Gasteiger charge is -2.37. The topological polar surface area (TPSA) is 70.7 Å². The van der Waals surface area contributed by atoms with Crippen LogP contribution in [-0.2, 0) is 20.7 Å². The van der Waals surface area contributed by atoms with Crippen molar-refractivity contribution in [2.75, 3.05) is 29.9 Å². The van der Waals surface area contributed by atoms with Crippen molar-refractivity contribution in [1.82, 2.24) is 5.32 Å². The molecule has 1 saturated heterocycles. The standard InChI is InChI=1S/C22H26FN3O3/c1-15-13-26(14-16(2)29-15)20-9-8-18(11-19(20)23)25-22(28)12-24-21(27)10-17-6-4-3-5-7-17/h3-9,11,15-16H,10,12-14H2,1-2H3,(H,24,27)(H,25,28). The van der Waals surface area contributed by atoms with Crippen LogP contribution >= 0.6 is 0 Å². The number of anilines is 2. The highest BCUT2D eigenvalue weighted by molar-refractivity contribution is 5.94. The summed E-state index contributed by atoms with van der Waals surface area (Å²) < 4.78 is 20.3. The van der Waals surface area contributed by atoms with Crippen molar-refractivity contribution in [2.45, 2.75) is 32.5 Å². The number of hydrogen-bond acceptors (Lipinski definition) is 4. The SMILES string of the molecule is CC1CN(c2ccc(NC(=O)CNC(=O)Cc3ccccc3)cc2F)CC(C)O1. The zero-order valence-electron chi connectivity index (χ0n) is 16.7. The van der Waals surface area contributed by atoms with Gasteiger partial charge >= 0.3 is 0 Å². The summed E-state index contributed by atoms with van der Waals surface area (Å²) in [4.78, 5) is 26.0. The number of rotatable bonds is 6. The summed E-state index contributed by atoms with van der Waals surface area (Å²) in [5.74, 6) is -1.06. The molecule has 0 saturated carbocycles. The highest BCUT2D eigenvalue weighted by Gasteiger charge is 2.24. The Morgan fingerprint density at radius 3 is 2.41 bits per heavy atom. The number of benzene rings is 2.